The predicted molar refractivity (Wildman–Crippen MR) is 71.2 cm³/mol. The molecule has 0 fully saturated rings. The van der Waals surface area contributed by atoms with Crippen LogP contribution < -0.4 is 5.32 Å². The van der Waals surface area contributed by atoms with Crippen LogP contribution in [-0.2, 0) is 0 Å². The SMILES string of the molecule is Cc1nc(Cl)c(Nc2ccc(F)c(Cl)c2)nc1C. The van der Waals surface area contributed by atoms with Gasteiger partial charge in [-0.05, 0) is 32.0 Å². The average molecular weight is 286 g/mol. The molecular weight excluding hydrogens is 276 g/mol. The first kappa shape index (κ1) is 13.1. The molecule has 0 saturated carbocycles. The van der Waals surface area contributed by atoms with Crippen LogP contribution in [0.15, 0.2) is 18.2 Å². The Hall–Kier alpha value is -1.39. The van der Waals surface area contributed by atoms with Gasteiger partial charge in [-0.25, -0.2) is 14.4 Å². The number of hydrogen-bond donors (Lipinski definition) is 1. The lowest BCUT2D eigenvalue weighted by atomic mass is 10.3. The van der Waals surface area contributed by atoms with Crippen molar-refractivity contribution in [1.82, 2.24) is 9.97 Å². The summed E-state index contributed by atoms with van der Waals surface area (Å²) in [4.78, 5) is 8.42. The second-order valence-corrected chi connectivity index (χ2v) is 4.55. The fraction of sp³-hybridized carbons (Fsp3) is 0.167. The molecule has 1 heterocycles. The van der Waals surface area contributed by atoms with Gasteiger partial charge in [0, 0.05) is 5.69 Å². The molecule has 18 heavy (non-hydrogen) atoms. The number of nitrogens with one attached hydrogen (secondary N) is 1. The van der Waals surface area contributed by atoms with E-state index in [9.17, 15) is 4.39 Å². The third-order valence-electron chi connectivity index (χ3n) is 2.45. The van der Waals surface area contributed by atoms with E-state index in [1.54, 1.807) is 6.07 Å². The van der Waals surface area contributed by atoms with Crippen molar-refractivity contribution in [3.05, 3.63) is 45.6 Å². The number of rotatable bonds is 2. The van der Waals surface area contributed by atoms with Gasteiger partial charge in [-0.2, -0.15) is 0 Å². The molecule has 1 aromatic carbocycles. The highest BCUT2D eigenvalue weighted by Crippen LogP contribution is 2.25. The maximum Gasteiger partial charge on any atom is 0.172 e. The molecule has 0 radical (unpaired) electrons. The molecule has 94 valence electrons. The van der Waals surface area contributed by atoms with Crippen LogP contribution in [0.3, 0.4) is 0 Å². The summed E-state index contributed by atoms with van der Waals surface area (Å²) < 4.78 is 13.0. The molecule has 1 aromatic heterocycles. The van der Waals surface area contributed by atoms with E-state index in [1.807, 2.05) is 13.8 Å². The molecule has 0 aliphatic carbocycles. The highest BCUT2D eigenvalue weighted by molar-refractivity contribution is 6.32. The predicted octanol–water partition coefficient (Wildman–Crippen LogP) is 4.28. The lowest BCUT2D eigenvalue weighted by Gasteiger charge is -2.09. The van der Waals surface area contributed by atoms with Crippen LogP contribution in [0.2, 0.25) is 10.2 Å². The lowest BCUT2D eigenvalue weighted by Crippen LogP contribution is -2.00. The molecule has 0 aliphatic heterocycles. The van der Waals surface area contributed by atoms with Crippen molar-refractivity contribution in [1.29, 1.82) is 0 Å². The number of anilines is 2. The molecular formula is C12H10Cl2FN3. The van der Waals surface area contributed by atoms with Crippen LogP contribution >= 0.6 is 23.2 Å². The molecule has 2 aromatic rings. The summed E-state index contributed by atoms with van der Waals surface area (Å²) in [5.74, 6) is -0.0538. The number of halogens is 3. The molecule has 0 amide bonds. The van der Waals surface area contributed by atoms with Crippen molar-refractivity contribution in [2.75, 3.05) is 5.32 Å². The zero-order chi connectivity index (χ0) is 13.3. The number of aromatic nitrogens is 2. The summed E-state index contributed by atoms with van der Waals surface area (Å²) in [6, 6.07) is 4.28. The summed E-state index contributed by atoms with van der Waals surface area (Å²) >= 11 is 11.7. The first-order valence-corrected chi connectivity index (χ1v) is 5.96. The summed E-state index contributed by atoms with van der Waals surface area (Å²) in [6.07, 6.45) is 0. The Kier molecular flexibility index (Phi) is 3.68. The van der Waals surface area contributed by atoms with E-state index in [2.05, 4.69) is 15.3 Å². The molecule has 0 unspecified atom stereocenters. The van der Waals surface area contributed by atoms with Crippen LogP contribution in [0.25, 0.3) is 0 Å². The molecule has 3 nitrogen and oxygen atoms in total. The zero-order valence-electron chi connectivity index (χ0n) is 9.76. The topological polar surface area (TPSA) is 37.8 Å². The smallest absolute Gasteiger partial charge is 0.172 e. The number of benzene rings is 1. The minimum atomic E-state index is -0.473. The van der Waals surface area contributed by atoms with Crippen LogP contribution in [0, 0.1) is 19.7 Å². The second kappa shape index (κ2) is 5.08. The number of hydrogen-bond acceptors (Lipinski definition) is 3. The van der Waals surface area contributed by atoms with E-state index >= 15 is 0 Å². The van der Waals surface area contributed by atoms with Gasteiger partial charge in [0.1, 0.15) is 5.82 Å². The van der Waals surface area contributed by atoms with Crippen molar-refractivity contribution in [3.63, 3.8) is 0 Å². The third kappa shape index (κ3) is 2.71. The molecule has 0 aliphatic rings. The van der Waals surface area contributed by atoms with Gasteiger partial charge in [-0.3, -0.25) is 0 Å². The number of aryl methyl sites for hydroxylation is 2. The summed E-state index contributed by atoms with van der Waals surface area (Å²) in [6.45, 7) is 3.66. The van der Waals surface area contributed by atoms with Crippen LogP contribution in [0.4, 0.5) is 15.9 Å². The maximum absolute atomic E-state index is 13.0. The van der Waals surface area contributed by atoms with E-state index in [0.717, 1.165) is 11.4 Å². The van der Waals surface area contributed by atoms with Crippen LogP contribution in [-0.4, -0.2) is 9.97 Å². The average Bonchev–Trinajstić information content (AvgIpc) is 2.31. The van der Waals surface area contributed by atoms with Crippen molar-refractivity contribution >= 4 is 34.7 Å². The number of nitrogens with zero attached hydrogens (tertiary/aromatic N) is 2. The van der Waals surface area contributed by atoms with Gasteiger partial charge in [0.2, 0.25) is 0 Å². The fourth-order valence-corrected chi connectivity index (χ4v) is 1.76. The van der Waals surface area contributed by atoms with E-state index in [0.29, 0.717) is 11.5 Å². The standard InChI is InChI=1S/C12H10Cl2FN3/c1-6-7(2)17-12(11(14)16-6)18-8-3-4-10(15)9(13)5-8/h3-5H,1-2H3,(H,17,18). The first-order chi connectivity index (χ1) is 8.47. The Balaban J connectivity index is 2.34. The summed E-state index contributed by atoms with van der Waals surface area (Å²) in [5.41, 5.74) is 2.14. The van der Waals surface area contributed by atoms with Crippen molar-refractivity contribution in [2.24, 2.45) is 0 Å². The molecule has 0 atom stereocenters. The van der Waals surface area contributed by atoms with Gasteiger partial charge >= 0.3 is 0 Å². The Bertz CT molecular complexity index is 602. The molecule has 0 spiro atoms. The van der Waals surface area contributed by atoms with Crippen molar-refractivity contribution in [3.8, 4) is 0 Å². The third-order valence-corrected chi connectivity index (χ3v) is 3.00. The Morgan fingerprint density at radius 1 is 1.11 bits per heavy atom. The quantitative estimate of drug-likeness (QED) is 0.895. The minimum absolute atomic E-state index is 0.0351. The second-order valence-electron chi connectivity index (χ2n) is 3.79. The zero-order valence-corrected chi connectivity index (χ0v) is 11.3. The summed E-state index contributed by atoms with van der Waals surface area (Å²) in [5, 5.41) is 3.25. The van der Waals surface area contributed by atoms with Gasteiger partial charge in [0.25, 0.3) is 0 Å². The first-order valence-electron chi connectivity index (χ1n) is 5.20. The Labute approximate surface area is 114 Å². The van der Waals surface area contributed by atoms with Gasteiger partial charge in [0.15, 0.2) is 11.0 Å². The van der Waals surface area contributed by atoms with Crippen LogP contribution in [0.5, 0.6) is 0 Å². The largest absolute Gasteiger partial charge is 0.338 e. The monoisotopic (exact) mass is 285 g/mol. The highest BCUT2D eigenvalue weighted by atomic mass is 35.5. The highest BCUT2D eigenvalue weighted by Gasteiger charge is 2.08. The summed E-state index contributed by atoms with van der Waals surface area (Å²) in [7, 11) is 0. The van der Waals surface area contributed by atoms with E-state index in [-0.39, 0.29) is 10.2 Å². The van der Waals surface area contributed by atoms with Gasteiger partial charge in [-0.15, -0.1) is 0 Å². The maximum atomic E-state index is 13.0. The van der Waals surface area contributed by atoms with Gasteiger partial charge in [-0.1, -0.05) is 23.2 Å². The minimum Gasteiger partial charge on any atom is -0.338 e. The van der Waals surface area contributed by atoms with Crippen molar-refractivity contribution < 1.29 is 4.39 Å². The molecule has 0 bridgehead atoms. The fourth-order valence-electron chi connectivity index (χ4n) is 1.37. The van der Waals surface area contributed by atoms with Crippen molar-refractivity contribution in [2.45, 2.75) is 13.8 Å². The molecule has 0 saturated heterocycles. The molecule has 2 rings (SSSR count). The normalized spacial score (nSPS) is 10.5. The van der Waals surface area contributed by atoms with E-state index in [4.69, 9.17) is 23.2 Å². The molecule has 6 heteroatoms. The Morgan fingerprint density at radius 3 is 2.44 bits per heavy atom. The van der Waals surface area contributed by atoms with Crippen LogP contribution in [0.1, 0.15) is 11.4 Å². The van der Waals surface area contributed by atoms with E-state index < -0.39 is 5.82 Å². The van der Waals surface area contributed by atoms with Gasteiger partial charge < -0.3 is 5.32 Å². The Morgan fingerprint density at radius 2 is 1.78 bits per heavy atom. The lowest BCUT2D eigenvalue weighted by molar-refractivity contribution is 0.628. The van der Waals surface area contributed by atoms with Gasteiger partial charge in [0.05, 0.1) is 16.4 Å². The van der Waals surface area contributed by atoms with E-state index in [1.165, 1.54) is 12.1 Å². The molecule has 1 N–H and O–H groups in total.